The van der Waals surface area contributed by atoms with Crippen molar-refractivity contribution in [3.8, 4) is 0 Å². The first kappa shape index (κ1) is 21.6. The van der Waals surface area contributed by atoms with E-state index in [0.717, 1.165) is 0 Å². The predicted octanol–water partition coefficient (Wildman–Crippen LogP) is 0.280. The van der Waals surface area contributed by atoms with Crippen molar-refractivity contribution in [2.75, 3.05) is 39.3 Å². The van der Waals surface area contributed by atoms with E-state index >= 15 is 0 Å². The summed E-state index contributed by atoms with van der Waals surface area (Å²) in [6.07, 6.45) is 1.25. The number of likely N-dealkylation sites (N-methyl/N-ethyl adjacent to an activating group) is 1. The number of carbonyl (C=O) groups is 3. The lowest BCUT2D eigenvalue weighted by Crippen LogP contribution is -2.41. The molecule has 0 spiro atoms. The largest absolute Gasteiger partial charge is 0.480 e. The third kappa shape index (κ3) is 16.3. The van der Waals surface area contributed by atoms with Crippen LogP contribution in [0.25, 0.3) is 0 Å². The van der Waals surface area contributed by atoms with Gasteiger partial charge >= 0.3 is 17.9 Å². The molecule has 0 aliphatic carbocycles. The van der Waals surface area contributed by atoms with Gasteiger partial charge in [-0.1, -0.05) is 27.2 Å². The Morgan fingerprint density at radius 2 is 1.00 bits per heavy atom. The lowest BCUT2D eigenvalue weighted by atomic mass is 10.4. The molecule has 124 valence electrons. The number of rotatable bonds is 10. The van der Waals surface area contributed by atoms with Gasteiger partial charge in [0.15, 0.2) is 0 Å². The molecule has 0 atom stereocenters. The Morgan fingerprint density at radius 1 is 0.714 bits per heavy atom. The first-order chi connectivity index (χ1) is 9.76. The molecular formula is C13H26N2O6. The molecule has 3 N–H and O–H groups in total. The summed E-state index contributed by atoms with van der Waals surface area (Å²) in [5.74, 6) is -3.20. The maximum absolute atomic E-state index is 10.5. The Hall–Kier alpha value is -1.67. The third-order valence-electron chi connectivity index (χ3n) is 2.26. The average molecular weight is 306 g/mol. The third-order valence-corrected chi connectivity index (χ3v) is 2.26. The molecule has 0 bridgehead atoms. The van der Waals surface area contributed by atoms with Gasteiger partial charge in [-0.25, -0.2) is 0 Å². The highest BCUT2D eigenvalue weighted by Gasteiger charge is 2.15. The van der Waals surface area contributed by atoms with Crippen molar-refractivity contribution in [3.05, 3.63) is 0 Å². The molecule has 0 heterocycles. The van der Waals surface area contributed by atoms with Crippen LogP contribution < -0.4 is 0 Å². The Morgan fingerprint density at radius 3 is 1.29 bits per heavy atom. The highest BCUT2D eigenvalue weighted by Crippen LogP contribution is 1.93. The van der Waals surface area contributed by atoms with Crippen molar-refractivity contribution >= 4 is 17.9 Å². The maximum atomic E-state index is 10.5. The van der Waals surface area contributed by atoms with E-state index in [-0.39, 0.29) is 26.2 Å². The highest BCUT2D eigenvalue weighted by molar-refractivity contribution is 5.72. The second kappa shape index (κ2) is 13.3. The van der Waals surface area contributed by atoms with Crippen molar-refractivity contribution < 1.29 is 29.7 Å². The number of hydrogen-bond donors (Lipinski definition) is 3. The molecule has 0 aliphatic rings. The lowest BCUT2D eigenvalue weighted by molar-refractivity contribution is -0.143. The molecular weight excluding hydrogens is 280 g/mol. The Bertz CT molecular complexity index is 306. The second-order valence-corrected chi connectivity index (χ2v) is 4.47. The molecule has 21 heavy (non-hydrogen) atoms. The molecule has 0 saturated carbocycles. The smallest absolute Gasteiger partial charge is 0.317 e. The summed E-state index contributed by atoms with van der Waals surface area (Å²) in [6, 6.07) is 0. The topological polar surface area (TPSA) is 118 Å². The average Bonchev–Trinajstić information content (AvgIpc) is 2.33. The monoisotopic (exact) mass is 306 g/mol. The highest BCUT2D eigenvalue weighted by atomic mass is 16.4. The number of carboxylic acid groups (broad SMARTS) is 3. The maximum Gasteiger partial charge on any atom is 0.317 e. The van der Waals surface area contributed by atoms with Crippen LogP contribution in [0.2, 0.25) is 0 Å². The molecule has 0 rings (SSSR count). The zero-order valence-electron chi connectivity index (χ0n) is 12.9. The molecule has 0 unspecified atom stereocenters. The van der Waals surface area contributed by atoms with E-state index < -0.39 is 17.9 Å². The lowest BCUT2D eigenvalue weighted by Gasteiger charge is -2.23. The van der Waals surface area contributed by atoms with Gasteiger partial charge < -0.3 is 15.3 Å². The van der Waals surface area contributed by atoms with E-state index in [1.165, 1.54) is 11.3 Å². The van der Waals surface area contributed by atoms with E-state index in [4.69, 9.17) is 15.3 Å². The van der Waals surface area contributed by atoms with Crippen LogP contribution in [0.5, 0.6) is 0 Å². The second-order valence-electron chi connectivity index (χ2n) is 4.47. The number of aliphatic carboxylic acids is 3. The molecule has 0 aromatic rings. The van der Waals surface area contributed by atoms with Gasteiger partial charge in [0.05, 0.1) is 19.6 Å². The minimum atomic E-state index is -1.11. The normalized spacial score (nSPS) is 10.1. The summed E-state index contributed by atoms with van der Waals surface area (Å²) in [7, 11) is 0. The molecule has 0 saturated heterocycles. The van der Waals surface area contributed by atoms with Crippen LogP contribution in [0, 0.1) is 0 Å². The number of carboxylic acids is 3. The van der Waals surface area contributed by atoms with Gasteiger partial charge in [0.1, 0.15) is 0 Å². The minimum Gasteiger partial charge on any atom is -0.480 e. The SMILES string of the molecule is CCC.CCN(CCN(CC(=O)O)CC(=O)O)CC(=O)O. The van der Waals surface area contributed by atoms with Crippen molar-refractivity contribution in [1.29, 1.82) is 0 Å². The van der Waals surface area contributed by atoms with Crippen LogP contribution in [0.1, 0.15) is 27.2 Å². The van der Waals surface area contributed by atoms with Gasteiger partial charge in [0.25, 0.3) is 0 Å². The van der Waals surface area contributed by atoms with Gasteiger partial charge in [-0.2, -0.15) is 0 Å². The van der Waals surface area contributed by atoms with Gasteiger partial charge in [-0.15, -0.1) is 0 Å². The zero-order valence-corrected chi connectivity index (χ0v) is 12.9. The molecule has 0 radical (unpaired) electrons. The van der Waals surface area contributed by atoms with Crippen molar-refractivity contribution in [3.63, 3.8) is 0 Å². The summed E-state index contributed by atoms with van der Waals surface area (Å²) in [5, 5.41) is 25.9. The Balaban J connectivity index is 0. The van der Waals surface area contributed by atoms with E-state index in [1.54, 1.807) is 11.8 Å². The van der Waals surface area contributed by atoms with Gasteiger partial charge in [-0.05, 0) is 6.54 Å². The Labute approximate surface area is 125 Å². The van der Waals surface area contributed by atoms with Crippen LogP contribution in [-0.2, 0) is 14.4 Å². The van der Waals surface area contributed by atoms with Crippen LogP contribution >= 0.6 is 0 Å². The fourth-order valence-corrected chi connectivity index (χ4v) is 1.42. The van der Waals surface area contributed by atoms with E-state index in [0.29, 0.717) is 13.1 Å². The fraction of sp³-hybridized carbons (Fsp3) is 0.769. The molecule has 8 heteroatoms. The van der Waals surface area contributed by atoms with E-state index in [1.807, 2.05) is 0 Å². The molecule has 0 aromatic heterocycles. The molecule has 0 aliphatic heterocycles. The summed E-state index contributed by atoms with van der Waals surface area (Å²) >= 11 is 0. The number of hydrogen-bond acceptors (Lipinski definition) is 5. The molecule has 0 fully saturated rings. The summed E-state index contributed by atoms with van der Waals surface area (Å²) in [6.45, 7) is 6.13. The first-order valence-electron chi connectivity index (χ1n) is 6.86. The van der Waals surface area contributed by atoms with Crippen molar-refractivity contribution in [2.45, 2.75) is 27.2 Å². The zero-order chi connectivity index (χ0) is 16.8. The summed E-state index contributed by atoms with van der Waals surface area (Å²) < 4.78 is 0. The van der Waals surface area contributed by atoms with Gasteiger partial charge in [-0.3, -0.25) is 24.2 Å². The van der Waals surface area contributed by atoms with E-state index in [9.17, 15) is 14.4 Å². The molecule has 8 nitrogen and oxygen atoms in total. The van der Waals surface area contributed by atoms with Crippen LogP contribution in [0.3, 0.4) is 0 Å². The summed E-state index contributed by atoms with van der Waals surface area (Å²) in [5.41, 5.74) is 0. The van der Waals surface area contributed by atoms with Crippen LogP contribution in [-0.4, -0.2) is 82.3 Å². The predicted molar refractivity (Wildman–Crippen MR) is 77.4 cm³/mol. The molecule has 0 aromatic carbocycles. The van der Waals surface area contributed by atoms with Gasteiger partial charge in [0.2, 0.25) is 0 Å². The quantitative estimate of drug-likeness (QED) is 0.526. The number of nitrogens with zero attached hydrogens (tertiary/aromatic N) is 2. The van der Waals surface area contributed by atoms with Crippen molar-refractivity contribution in [2.24, 2.45) is 0 Å². The van der Waals surface area contributed by atoms with E-state index in [2.05, 4.69) is 13.8 Å². The molecule has 0 amide bonds. The summed E-state index contributed by atoms with van der Waals surface area (Å²) in [4.78, 5) is 34.4. The fourth-order valence-electron chi connectivity index (χ4n) is 1.42. The minimum absolute atomic E-state index is 0.148. The first-order valence-corrected chi connectivity index (χ1v) is 6.86. The van der Waals surface area contributed by atoms with Crippen LogP contribution in [0.15, 0.2) is 0 Å². The van der Waals surface area contributed by atoms with Crippen LogP contribution in [0.4, 0.5) is 0 Å². The Kier molecular flexibility index (Phi) is 13.7. The standard InChI is InChI=1S/C10H18N2O6.C3H8/c1-2-11(5-8(13)14)3-4-12(6-9(15)16)7-10(17)18;1-3-2/h2-7H2,1H3,(H,13,14)(H,15,16)(H,17,18);3H2,1-2H3. The van der Waals surface area contributed by atoms with Gasteiger partial charge in [0, 0.05) is 13.1 Å². The van der Waals surface area contributed by atoms with Crippen molar-refractivity contribution in [1.82, 2.24) is 9.80 Å².